The normalized spacial score (nSPS) is 30.5. The van der Waals surface area contributed by atoms with Crippen molar-refractivity contribution >= 4 is 5.97 Å². The van der Waals surface area contributed by atoms with Crippen molar-refractivity contribution < 1.29 is 9.53 Å². The fraction of sp³-hybridized carbons (Fsp3) is 0.812. The molecule has 0 unspecified atom stereocenters. The third-order valence-corrected chi connectivity index (χ3v) is 4.58. The molecule has 2 rings (SSSR count). The summed E-state index contributed by atoms with van der Waals surface area (Å²) in [6, 6.07) is 0. The third-order valence-electron chi connectivity index (χ3n) is 4.58. The van der Waals surface area contributed by atoms with Crippen molar-refractivity contribution in [3.63, 3.8) is 0 Å². The Bertz CT molecular complexity index is 289. The highest BCUT2D eigenvalue weighted by Crippen LogP contribution is 2.39. The van der Waals surface area contributed by atoms with Crippen molar-refractivity contribution in [2.24, 2.45) is 11.8 Å². The Morgan fingerprint density at radius 3 is 2.39 bits per heavy atom. The fourth-order valence-electron chi connectivity index (χ4n) is 3.70. The van der Waals surface area contributed by atoms with Crippen LogP contribution in [-0.2, 0) is 9.53 Å². The number of ether oxygens (including phenoxy) is 1. The van der Waals surface area contributed by atoms with Crippen LogP contribution < -0.4 is 0 Å². The molecule has 2 atom stereocenters. The minimum atomic E-state index is -0.148. The van der Waals surface area contributed by atoms with Gasteiger partial charge in [-0.15, -0.1) is 0 Å². The van der Waals surface area contributed by atoms with Crippen LogP contribution in [0, 0.1) is 11.8 Å². The Balaban J connectivity index is 1.94. The van der Waals surface area contributed by atoms with Crippen molar-refractivity contribution in [2.45, 2.75) is 70.8 Å². The van der Waals surface area contributed by atoms with Crippen LogP contribution in [0.5, 0.6) is 0 Å². The van der Waals surface area contributed by atoms with Gasteiger partial charge in [-0.05, 0) is 38.0 Å². The summed E-state index contributed by atoms with van der Waals surface area (Å²) < 4.78 is 5.67. The first-order chi connectivity index (χ1) is 8.81. The second-order valence-electron chi connectivity index (χ2n) is 5.82. The van der Waals surface area contributed by atoms with Gasteiger partial charge in [0.1, 0.15) is 6.10 Å². The van der Waals surface area contributed by atoms with Crippen LogP contribution in [0.1, 0.15) is 64.7 Å². The van der Waals surface area contributed by atoms with E-state index in [1.54, 1.807) is 12.2 Å². The van der Waals surface area contributed by atoms with Crippen LogP contribution in [0.25, 0.3) is 0 Å². The van der Waals surface area contributed by atoms with E-state index < -0.39 is 0 Å². The molecule has 2 aliphatic carbocycles. The Hall–Kier alpha value is -0.790. The summed E-state index contributed by atoms with van der Waals surface area (Å²) in [7, 11) is 0. The van der Waals surface area contributed by atoms with Crippen LogP contribution in [0.4, 0.5) is 0 Å². The van der Waals surface area contributed by atoms with Gasteiger partial charge in [0.15, 0.2) is 0 Å². The van der Waals surface area contributed by atoms with E-state index in [1.807, 2.05) is 6.92 Å². The van der Waals surface area contributed by atoms with Crippen molar-refractivity contribution in [2.75, 3.05) is 0 Å². The molecule has 0 aliphatic heterocycles. The summed E-state index contributed by atoms with van der Waals surface area (Å²) in [4.78, 5) is 11.6. The molecule has 2 fully saturated rings. The van der Waals surface area contributed by atoms with Gasteiger partial charge in [-0.2, -0.15) is 0 Å². The van der Waals surface area contributed by atoms with E-state index in [1.165, 1.54) is 51.4 Å². The molecule has 0 spiro atoms. The summed E-state index contributed by atoms with van der Waals surface area (Å²) in [5.41, 5.74) is 0. The van der Waals surface area contributed by atoms with Crippen molar-refractivity contribution in [3.05, 3.63) is 12.2 Å². The van der Waals surface area contributed by atoms with Gasteiger partial charge >= 0.3 is 5.97 Å². The van der Waals surface area contributed by atoms with Gasteiger partial charge in [0.2, 0.25) is 0 Å². The molecule has 0 N–H and O–H groups in total. The first-order valence-corrected chi connectivity index (χ1v) is 7.64. The second kappa shape index (κ2) is 6.96. The molecule has 2 aliphatic rings. The lowest BCUT2D eigenvalue weighted by atomic mass is 9.72. The van der Waals surface area contributed by atoms with Crippen molar-refractivity contribution in [3.8, 4) is 0 Å². The summed E-state index contributed by atoms with van der Waals surface area (Å²) >= 11 is 0. The largest absolute Gasteiger partial charge is 0.459 e. The molecule has 0 amide bonds. The maximum atomic E-state index is 11.6. The Kier molecular flexibility index (Phi) is 5.27. The number of hydrogen-bond acceptors (Lipinski definition) is 2. The average molecular weight is 250 g/mol. The number of esters is 1. The molecule has 0 saturated heterocycles. The van der Waals surface area contributed by atoms with Gasteiger partial charge in [0.05, 0.1) is 0 Å². The van der Waals surface area contributed by atoms with E-state index in [0.717, 1.165) is 12.3 Å². The predicted octanol–water partition coefficient (Wildman–Crippen LogP) is 4.24. The quantitative estimate of drug-likeness (QED) is 0.553. The number of hydrogen-bond donors (Lipinski definition) is 0. The molecule has 0 aromatic heterocycles. The smallest absolute Gasteiger partial charge is 0.330 e. The molecule has 0 bridgehead atoms. The van der Waals surface area contributed by atoms with Crippen molar-refractivity contribution in [1.29, 1.82) is 0 Å². The predicted molar refractivity (Wildman–Crippen MR) is 73.2 cm³/mol. The second-order valence-corrected chi connectivity index (χ2v) is 5.82. The van der Waals surface area contributed by atoms with E-state index in [0.29, 0.717) is 5.92 Å². The topological polar surface area (TPSA) is 26.3 Å². The lowest BCUT2D eigenvalue weighted by molar-refractivity contribution is -0.149. The lowest BCUT2D eigenvalue weighted by Crippen LogP contribution is -2.35. The molecule has 18 heavy (non-hydrogen) atoms. The van der Waals surface area contributed by atoms with Crippen molar-refractivity contribution in [1.82, 2.24) is 0 Å². The molecule has 0 aromatic rings. The van der Waals surface area contributed by atoms with E-state index in [9.17, 15) is 4.79 Å². The van der Waals surface area contributed by atoms with E-state index in [4.69, 9.17) is 4.74 Å². The Labute approximate surface area is 111 Å². The Morgan fingerprint density at radius 1 is 1.00 bits per heavy atom. The van der Waals surface area contributed by atoms with E-state index in [-0.39, 0.29) is 12.1 Å². The standard InChI is InChI=1S/C16H26O2/c1-2-8-16(17)18-15-12-7-6-11-14(15)13-9-4-3-5-10-13/h2,8,13-15H,3-7,9-12H2,1H3/b8-2+/t14-,15-/m1/s1. The Morgan fingerprint density at radius 2 is 1.67 bits per heavy atom. The molecule has 2 nitrogen and oxygen atoms in total. The van der Waals surface area contributed by atoms with Gasteiger partial charge in [0, 0.05) is 6.08 Å². The van der Waals surface area contributed by atoms with Gasteiger partial charge in [-0.25, -0.2) is 4.79 Å². The molecule has 0 heterocycles. The van der Waals surface area contributed by atoms with E-state index in [2.05, 4.69) is 0 Å². The zero-order chi connectivity index (χ0) is 12.8. The van der Waals surface area contributed by atoms with Crippen LogP contribution in [0.2, 0.25) is 0 Å². The third kappa shape index (κ3) is 3.60. The first-order valence-electron chi connectivity index (χ1n) is 7.64. The fourth-order valence-corrected chi connectivity index (χ4v) is 3.70. The monoisotopic (exact) mass is 250 g/mol. The minimum Gasteiger partial charge on any atom is -0.459 e. The maximum Gasteiger partial charge on any atom is 0.330 e. The van der Waals surface area contributed by atoms with Crippen LogP contribution >= 0.6 is 0 Å². The minimum absolute atomic E-state index is 0.148. The van der Waals surface area contributed by atoms with Gasteiger partial charge in [-0.3, -0.25) is 0 Å². The zero-order valence-electron chi connectivity index (χ0n) is 11.6. The van der Waals surface area contributed by atoms with Crippen LogP contribution in [-0.4, -0.2) is 12.1 Å². The van der Waals surface area contributed by atoms with E-state index >= 15 is 0 Å². The first kappa shape index (κ1) is 13.6. The summed E-state index contributed by atoms with van der Waals surface area (Å²) in [5.74, 6) is 1.29. The molecule has 2 heteroatoms. The molecule has 2 saturated carbocycles. The van der Waals surface area contributed by atoms with Gasteiger partial charge in [0.25, 0.3) is 0 Å². The number of carbonyl (C=O) groups is 1. The van der Waals surface area contributed by atoms with Crippen LogP contribution in [0.3, 0.4) is 0 Å². The number of carbonyl (C=O) groups excluding carboxylic acids is 1. The van der Waals surface area contributed by atoms with Crippen LogP contribution in [0.15, 0.2) is 12.2 Å². The maximum absolute atomic E-state index is 11.6. The summed E-state index contributed by atoms with van der Waals surface area (Å²) in [6.07, 6.45) is 15.2. The van der Waals surface area contributed by atoms with Gasteiger partial charge < -0.3 is 4.74 Å². The average Bonchev–Trinajstić information content (AvgIpc) is 2.40. The number of allylic oxidation sites excluding steroid dienone is 1. The molecule has 0 radical (unpaired) electrons. The molecule has 0 aromatic carbocycles. The highest BCUT2D eigenvalue weighted by atomic mass is 16.5. The number of rotatable bonds is 3. The lowest BCUT2D eigenvalue weighted by Gasteiger charge is -2.38. The van der Waals surface area contributed by atoms with Gasteiger partial charge in [-0.1, -0.05) is 44.6 Å². The molecule has 102 valence electrons. The molecular formula is C16H26O2. The highest BCUT2D eigenvalue weighted by molar-refractivity contribution is 5.81. The highest BCUT2D eigenvalue weighted by Gasteiger charge is 2.34. The zero-order valence-corrected chi connectivity index (χ0v) is 11.6. The SMILES string of the molecule is C/C=C/C(=O)O[C@@H]1CCCC[C@@H]1C1CCCCC1. The summed E-state index contributed by atoms with van der Waals surface area (Å²) in [5, 5.41) is 0. The summed E-state index contributed by atoms with van der Waals surface area (Å²) in [6.45, 7) is 1.86. The molecular weight excluding hydrogens is 224 g/mol.